The second-order valence-corrected chi connectivity index (χ2v) is 9.37. The lowest BCUT2D eigenvalue weighted by atomic mass is 9.91. The highest BCUT2D eigenvalue weighted by Crippen LogP contribution is 2.29. The van der Waals surface area contributed by atoms with Crippen molar-refractivity contribution in [1.29, 1.82) is 0 Å². The highest BCUT2D eigenvalue weighted by atomic mass is 19.1. The van der Waals surface area contributed by atoms with E-state index in [1.165, 1.54) is 12.1 Å². The summed E-state index contributed by atoms with van der Waals surface area (Å²) in [4.78, 5) is 44.5. The smallest absolute Gasteiger partial charge is 0.325 e. The number of imidazole rings is 1. The largest absolute Gasteiger partial charge is 0.346 e. The number of aryl methyl sites for hydroxylation is 1. The number of urea groups is 1. The molecule has 0 spiro atoms. The summed E-state index contributed by atoms with van der Waals surface area (Å²) in [5, 5.41) is 5.64. The molecule has 0 saturated carbocycles. The molecule has 2 N–H and O–H groups in total. The van der Waals surface area contributed by atoms with Crippen molar-refractivity contribution in [1.82, 2.24) is 25.1 Å². The third kappa shape index (κ3) is 4.67. The molecule has 8 nitrogen and oxygen atoms in total. The minimum atomic E-state index is -1.27. The third-order valence-corrected chi connectivity index (χ3v) is 6.72. The number of carbonyl (C=O) groups is 3. The fourth-order valence-electron chi connectivity index (χ4n) is 4.59. The molecule has 2 unspecified atom stereocenters. The number of halogens is 1. The van der Waals surface area contributed by atoms with Gasteiger partial charge in [-0.1, -0.05) is 54.1 Å². The molecule has 2 heterocycles. The lowest BCUT2D eigenvalue weighted by Crippen LogP contribution is -2.44. The summed E-state index contributed by atoms with van der Waals surface area (Å²) in [7, 11) is 0. The number of imide groups is 1. The maximum atomic E-state index is 13.6. The molecule has 1 fully saturated rings. The first kappa shape index (κ1) is 24.2. The Morgan fingerprint density at radius 3 is 2.49 bits per heavy atom. The van der Waals surface area contributed by atoms with E-state index in [9.17, 15) is 18.8 Å². The molecule has 3 aromatic carbocycles. The number of carbonyl (C=O) groups excluding carboxylic acids is 3. The molecular weight excluding hydrogens is 473 g/mol. The minimum Gasteiger partial charge on any atom is -0.346 e. The summed E-state index contributed by atoms with van der Waals surface area (Å²) in [6.45, 7) is 3.43. The second kappa shape index (κ2) is 9.50. The van der Waals surface area contributed by atoms with E-state index in [2.05, 4.69) is 15.6 Å². The van der Waals surface area contributed by atoms with E-state index in [-0.39, 0.29) is 0 Å². The van der Waals surface area contributed by atoms with Gasteiger partial charge in [0.05, 0.1) is 23.4 Å². The van der Waals surface area contributed by atoms with Gasteiger partial charge in [0.15, 0.2) is 0 Å². The first-order valence-corrected chi connectivity index (χ1v) is 11.9. The van der Waals surface area contributed by atoms with Crippen LogP contribution in [0.3, 0.4) is 0 Å². The first-order valence-electron chi connectivity index (χ1n) is 11.9. The number of amides is 4. The van der Waals surface area contributed by atoms with E-state index in [0.29, 0.717) is 17.7 Å². The van der Waals surface area contributed by atoms with E-state index in [4.69, 9.17) is 0 Å². The van der Waals surface area contributed by atoms with Crippen LogP contribution in [-0.4, -0.2) is 38.8 Å². The summed E-state index contributed by atoms with van der Waals surface area (Å²) in [5.41, 5.74) is 2.76. The molecule has 4 aromatic rings. The standard InChI is InChI=1S/C28H26FN5O3/c1-18-7-11-20(12-8-18)28(2)26(36)34(27(37)32-28)16-25(35)31-23(19-9-13-21(29)14-10-19)15-33-17-30-22-5-3-4-6-24(22)33/h3-14,17,23H,15-16H2,1-2H3,(H,31,35)(H,32,37). The first-order chi connectivity index (χ1) is 17.7. The van der Waals surface area contributed by atoms with Gasteiger partial charge in [0.1, 0.15) is 17.9 Å². The van der Waals surface area contributed by atoms with E-state index < -0.39 is 41.8 Å². The zero-order chi connectivity index (χ0) is 26.2. The van der Waals surface area contributed by atoms with Crippen molar-refractivity contribution in [3.63, 3.8) is 0 Å². The van der Waals surface area contributed by atoms with Gasteiger partial charge >= 0.3 is 6.03 Å². The molecule has 4 amide bonds. The van der Waals surface area contributed by atoms with Crippen LogP contribution in [0.1, 0.15) is 29.7 Å². The van der Waals surface area contributed by atoms with Crippen LogP contribution >= 0.6 is 0 Å². The Morgan fingerprint density at radius 2 is 1.76 bits per heavy atom. The van der Waals surface area contributed by atoms with Crippen LogP contribution in [0.25, 0.3) is 11.0 Å². The number of fused-ring (bicyclic) bond motifs is 1. The molecular formula is C28H26FN5O3. The summed E-state index contributed by atoms with van der Waals surface area (Å²) in [5.74, 6) is -1.41. The van der Waals surface area contributed by atoms with Gasteiger partial charge in [-0.3, -0.25) is 14.5 Å². The Bertz CT molecular complexity index is 1480. The van der Waals surface area contributed by atoms with Crippen molar-refractivity contribution in [2.24, 2.45) is 0 Å². The second-order valence-electron chi connectivity index (χ2n) is 9.37. The highest BCUT2D eigenvalue weighted by molar-refractivity contribution is 6.09. The molecule has 1 aromatic heterocycles. The average Bonchev–Trinajstić information content (AvgIpc) is 3.38. The Hall–Kier alpha value is -4.53. The number of hydrogen-bond acceptors (Lipinski definition) is 4. The van der Waals surface area contributed by atoms with Crippen molar-refractivity contribution < 1.29 is 18.8 Å². The number of para-hydroxylation sites is 2. The molecule has 0 aliphatic carbocycles. The molecule has 1 aliphatic rings. The lowest BCUT2D eigenvalue weighted by Gasteiger charge is -2.23. The van der Waals surface area contributed by atoms with Gasteiger partial charge in [0.25, 0.3) is 5.91 Å². The van der Waals surface area contributed by atoms with Crippen molar-refractivity contribution in [2.45, 2.75) is 32.0 Å². The van der Waals surface area contributed by atoms with Crippen molar-refractivity contribution in [3.8, 4) is 0 Å². The van der Waals surface area contributed by atoms with E-state index >= 15 is 0 Å². The predicted molar refractivity (Wildman–Crippen MR) is 136 cm³/mol. The van der Waals surface area contributed by atoms with Crippen molar-refractivity contribution in [3.05, 3.63) is 102 Å². The number of hydrogen-bond donors (Lipinski definition) is 2. The highest BCUT2D eigenvalue weighted by Gasteiger charge is 2.49. The maximum absolute atomic E-state index is 13.6. The molecule has 2 atom stereocenters. The number of nitrogens with zero attached hydrogens (tertiary/aromatic N) is 3. The summed E-state index contributed by atoms with van der Waals surface area (Å²) in [6, 6.07) is 19.6. The van der Waals surface area contributed by atoms with Crippen molar-refractivity contribution >= 4 is 28.9 Å². The summed E-state index contributed by atoms with van der Waals surface area (Å²) in [6.07, 6.45) is 1.68. The summed E-state index contributed by atoms with van der Waals surface area (Å²) < 4.78 is 15.5. The Morgan fingerprint density at radius 1 is 1.05 bits per heavy atom. The number of rotatable bonds is 7. The number of benzene rings is 3. The van der Waals surface area contributed by atoms with Gasteiger partial charge in [-0.2, -0.15) is 0 Å². The quantitative estimate of drug-likeness (QED) is 0.378. The zero-order valence-electron chi connectivity index (χ0n) is 20.4. The van der Waals surface area contributed by atoms with Gasteiger partial charge in [-0.15, -0.1) is 0 Å². The van der Waals surface area contributed by atoms with Gasteiger partial charge in [-0.25, -0.2) is 14.2 Å². The monoisotopic (exact) mass is 499 g/mol. The molecule has 37 heavy (non-hydrogen) atoms. The van der Waals surface area contributed by atoms with Crippen LogP contribution in [0.4, 0.5) is 9.18 Å². The van der Waals surface area contributed by atoms with Crippen LogP contribution < -0.4 is 10.6 Å². The van der Waals surface area contributed by atoms with Gasteiger partial charge in [0.2, 0.25) is 5.91 Å². The molecule has 1 saturated heterocycles. The van der Waals surface area contributed by atoms with Gasteiger partial charge in [0, 0.05) is 6.54 Å². The predicted octanol–water partition coefficient (Wildman–Crippen LogP) is 3.81. The number of aromatic nitrogens is 2. The van der Waals surface area contributed by atoms with Crippen LogP contribution in [0.5, 0.6) is 0 Å². The molecule has 188 valence electrons. The average molecular weight is 500 g/mol. The Balaban J connectivity index is 1.36. The number of nitrogens with one attached hydrogen (secondary N) is 2. The van der Waals surface area contributed by atoms with E-state index in [1.54, 1.807) is 37.5 Å². The van der Waals surface area contributed by atoms with Crippen LogP contribution in [0.2, 0.25) is 0 Å². The lowest BCUT2D eigenvalue weighted by molar-refractivity contribution is -0.135. The fraction of sp³-hybridized carbons (Fsp3) is 0.214. The molecule has 1 aliphatic heterocycles. The van der Waals surface area contributed by atoms with Gasteiger partial charge in [-0.05, 0) is 49.2 Å². The van der Waals surface area contributed by atoms with E-state index in [0.717, 1.165) is 21.5 Å². The summed E-state index contributed by atoms with van der Waals surface area (Å²) >= 11 is 0. The van der Waals surface area contributed by atoms with Crippen molar-refractivity contribution in [2.75, 3.05) is 6.54 Å². The molecule has 5 rings (SSSR count). The Labute approximate surface area is 213 Å². The van der Waals surface area contributed by atoms with Crippen LogP contribution in [-0.2, 0) is 21.7 Å². The van der Waals surface area contributed by atoms with Gasteiger partial charge < -0.3 is 15.2 Å². The third-order valence-electron chi connectivity index (χ3n) is 6.72. The van der Waals surface area contributed by atoms with E-state index in [1.807, 2.05) is 47.9 Å². The minimum absolute atomic E-state index is 0.319. The molecule has 0 radical (unpaired) electrons. The molecule has 9 heteroatoms. The van der Waals surface area contributed by atoms with Crippen LogP contribution in [0.15, 0.2) is 79.1 Å². The Kier molecular flexibility index (Phi) is 6.20. The SMILES string of the molecule is Cc1ccc(C2(C)NC(=O)N(CC(=O)NC(Cn3cnc4ccccc43)c3ccc(F)cc3)C2=O)cc1. The molecule has 0 bridgehead atoms. The normalized spacial score (nSPS) is 18.2. The van der Waals surface area contributed by atoms with Crippen LogP contribution in [0, 0.1) is 12.7 Å². The topological polar surface area (TPSA) is 96.3 Å². The maximum Gasteiger partial charge on any atom is 0.325 e. The zero-order valence-corrected chi connectivity index (χ0v) is 20.4. The fourth-order valence-corrected chi connectivity index (χ4v) is 4.59.